The molecular formula is C12H21N5O2. The number of nitrogens with zero attached hydrogens (tertiary/aromatic N) is 4. The van der Waals surface area contributed by atoms with Crippen LogP contribution in [0.15, 0.2) is 0 Å². The predicted octanol–water partition coefficient (Wildman–Crippen LogP) is 1.08. The molecule has 1 unspecified atom stereocenters. The molecule has 19 heavy (non-hydrogen) atoms. The number of nitro groups is 1. The van der Waals surface area contributed by atoms with E-state index in [9.17, 15) is 10.1 Å². The fourth-order valence-electron chi connectivity index (χ4n) is 2.69. The van der Waals surface area contributed by atoms with Gasteiger partial charge in [0.2, 0.25) is 5.82 Å². The summed E-state index contributed by atoms with van der Waals surface area (Å²) in [5.41, 5.74) is 0.777. The molecule has 1 aliphatic rings. The SMILES string of the molecule is CCCc1nn(C)c(N2CCC(NC)C2)c1[N+](=O)[O-]. The summed E-state index contributed by atoms with van der Waals surface area (Å²) >= 11 is 0. The first kappa shape index (κ1) is 13.8. The van der Waals surface area contributed by atoms with Gasteiger partial charge in [0.25, 0.3) is 0 Å². The summed E-state index contributed by atoms with van der Waals surface area (Å²) in [5.74, 6) is 0.645. The van der Waals surface area contributed by atoms with Crippen LogP contribution in [0.3, 0.4) is 0 Å². The first-order valence-corrected chi connectivity index (χ1v) is 6.71. The summed E-state index contributed by atoms with van der Waals surface area (Å²) in [7, 11) is 3.71. The number of aromatic nitrogens is 2. The second-order valence-electron chi connectivity index (χ2n) is 4.97. The molecule has 1 saturated heterocycles. The van der Waals surface area contributed by atoms with Gasteiger partial charge in [0.05, 0.1) is 4.92 Å². The minimum absolute atomic E-state index is 0.182. The molecule has 0 spiro atoms. The van der Waals surface area contributed by atoms with Crippen LogP contribution in [0.25, 0.3) is 0 Å². The molecule has 1 fully saturated rings. The third-order valence-corrected chi connectivity index (χ3v) is 3.63. The average molecular weight is 267 g/mol. The predicted molar refractivity (Wildman–Crippen MR) is 73.5 cm³/mol. The van der Waals surface area contributed by atoms with E-state index in [-0.39, 0.29) is 10.6 Å². The second kappa shape index (κ2) is 5.56. The van der Waals surface area contributed by atoms with Crippen molar-refractivity contribution < 1.29 is 4.92 Å². The molecule has 7 heteroatoms. The summed E-state index contributed by atoms with van der Waals surface area (Å²) in [6.07, 6.45) is 2.51. The quantitative estimate of drug-likeness (QED) is 0.638. The fraction of sp³-hybridized carbons (Fsp3) is 0.750. The van der Waals surface area contributed by atoms with E-state index in [2.05, 4.69) is 15.3 Å². The van der Waals surface area contributed by atoms with E-state index in [0.717, 1.165) is 25.9 Å². The van der Waals surface area contributed by atoms with Crippen molar-refractivity contribution in [2.24, 2.45) is 7.05 Å². The van der Waals surface area contributed by atoms with Gasteiger partial charge < -0.3 is 10.2 Å². The zero-order valence-corrected chi connectivity index (χ0v) is 11.7. The molecule has 1 N–H and O–H groups in total. The zero-order valence-electron chi connectivity index (χ0n) is 11.7. The van der Waals surface area contributed by atoms with Gasteiger partial charge in [-0.15, -0.1) is 0 Å². The van der Waals surface area contributed by atoms with Crippen molar-refractivity contribution in [3.63, 3.8) is 0 Å². The molecule has 7 nitrogen and oxygen atoms in total. The minimum atomic E-state index is -0.292. The Labute approximate surface area is 112 Å². The van der Waals surface area contributed by atoms with Crippen LogP contribution in [0.5, 0.6) is 0 Å². The maximum Gasteiger partial charge on any atom is 0.334 e. The van der Waals surface area contributed by atoms with Gasteiger partial charge in [0.15, 0.2) is 0 Å². The van der Waals surface area contributed by atoms with Crippen molar-refractivity contribution in [1.29, 1.82) is 0 Å². The lowest BCUT2D eigenvalue weighted by Gasteiger charge is -2.17. The summed E-state index contributed by atoms with van der Waals surface area (Å²) in [6, 6.07) is 0.393. The molecule has 1 aliphatic heterocycles. The Morgan fingerprint density at radius 1 is 1.58 bits per heavy atom. The monoisotopic (exact) mass is 267 g/mol. The highest BCUT2D eigenvalue weighted by Crippen LogP contribution is 2.34. The van der Waals surface area contributed by atoms with E-state index >= 15 is 0 Å². The Bertz CT molecular complexity index is 471. The first-order valence-electron chi connectivity index (χ1n) is 6.71. The second-order valence-corrected chi connectivity index (χ2v) is 4.97. The zero-order chi connectivity index (χ0) is 14.0. The Hall–Kier alpha value is -1.63. The molecule has 0 amide bonds. The standard InChI is InChI=1S/C12H21N5O2/c1-4-5-10-11(17(18)19)12(15(3)14-10)16-7-6-9(8-16)13-2/h9,13H,4-8H2,1-3H3. The summed E-state index contributed by atoms with van der Waals surface area (Å²) in [6.45, 7) is 3.63. The maximum atomic E-state index is 11.3. The van der Waals surface area contributed by atoms with Crippen LogP contribution in [-0.4, -0.2) is 40.9 Å². The summed E-state index contributed by atoms with van der Waals surface area (Å²) in [5, 5.41) is 18.9. The van der Waals surface area contributed by atoms with Gasteiger partial charge in [0, 0.05) is 26.2 Å². The van der Waals surface area contributed by atoms with Gasteiger partial charge in [-0.05, 0) is 19.9 Å². The number of aryl methyl sites for hydroxylation is 2. The van der Waals surface area contributed by atoms with E-state index < -0.39 is 0 Å². The third-order valence-electron chi connectivity index (χ3n) is 3.63. The Morgan fingerprint density at radius 3 is 2.84 bits per heavy atom. The number of hydrogen-bond acceptors (Lipinski definition) is 5. The number of anilines is 1. The van der Waals surface area contributed by atoms with Gasteiger partial charge in [0.1, 0.15) is 5.69 Å². The molecule has 106 valence electrons. The molecule has 0 aliphatic carbocycles. The van der Waals surface area contributed by atoms with Crippen LogP contribution in [0.1, 0.15) is 25.5 Å². The van der Waals surface area contributed by atoms with Crippen molar-refractivity contribution in [3.8, 4) is 0 Å². The highest BCUT2D eigenvalue weighted by atomic mass is 16.6. The molecule has 2 heterocycles. The van der Waals surface area contributed by atoms with Crippen LogP contribution in [0.4, 0.5) is 11.5 Å². The van der Waals surface area contributed by atoms with E-state index in [1.807, 2.05) is 14.0 Å². The molecular weight excluding hydrogens is 246 g/mol. The summed E-state index contributed by atoms with van der Waals surface area (Å²) in [4.78, 5) is 13.1. The van der Waals surface area contributed by atoms with Gasteiger partial charge in [-0.1, -0.05) is 13.3 Å². The molecule has 1 aromatic rings. The molecule has 0 radical (unpaired) electrons. The maximum absolute atomic E-state index is 11.3. The first-order chi connectivity index (χ1) is 9.08. The van der Waals surface area contributed by atoms with Crippen molar-refractivity contribution in [2.45, 2.75) is 32.2 Å². The minimum Gasteiger partial charge on any atom is -0.349 e. The van der Waals surface area contributed by atoms with Crippen LogP contribution in [0, 0.1) is 10.1 Å². The lowest BCUT2D eigenvalue weighted by Crippen LogP contribution is -2.30. The highest BCUT2D eigenvalue weighted by molar-refractivity contribution is 5.62. The number of hydrogen-bond donors (Lipinski definition) is 1. The molecule has 2 rings (SSSR count). The summed E-state index contributed by atoms with van der Waals surface area (Å²) < 4.78 is 1.65. The normalized spacial score (nSPS) is 19.1. The lowest BCUT2D eigenvalue weighted by atomic mass is 10.2. The van der Waals surface area contributed by atoms with Crippen molar-refractivity contribution >= 4 is 11.5 Å². The van der Waals surface area contributed by atoms with E-state index in [0.29, 0.717) is 24.0 Å². The number of nitrogens with one attached hydrogen (secondary N) is 1. The molecule has 0 aromatic carbocycles. The molecule has 1 aromatic heterocycles. The van der Waals surface area contributed by atoms with E-state index in [4.69, 9.17) is 0 Å². The van der Waals surface area contributed by atoms with Gasteiger partial charge in [-0.2, -0.15) is 5.10 Å². The van der Waals surface area contributed by atoms with E-state index in [1.165, 1.54) is 0 Å². The topological polar surface area (TPSA) is 76.2 Å². The Balaban J connectivity index is 2.36. The van der Waals surface area contributed by atoms with Crippen molar-refractivity contribution in [3.05, 3.63) is 15.8 Å². The van der Waals surface area contributed by atoms with Crippen LogP contribution in [-0.2, 0) is 13.5 Å². The van der Waals surface area contributed by atoms with Gasteiger partial charge in [-0.3, -0.25) is 10.1 Å². The van der Waals surface area contributed by atoms with Crippen molar-refractivity contribution in [1.82, 2.24) is 15.1 Å². The smallest absolute Gasteiger partial charge is 0.334 e. The fourth-order valence-corrected chi connectivity index (χ4v) is 2.69. The van der Waals surface area contributed by atoms with Crippen LogP contribution >= 0.6 is 0 Å². The Kier molecular flexibility index (Phi) is 4.04. The molecule has 0 saturated carbocycles. The van der Waals surface area contributed by atoms with Gasteiger partial charge in [-0.25, -0.2) is 4.68 Å². The molecule has 0 bridgehead atoms. The van der Waals surface area contributed by atoms with Gasteiger partial charge >= 0.3 is 5.69 Å². The van der Waals surface area contributed by atoms with Crippen LogP contribution in [0.2, 0.25) is 0 Å². The number of rotatable bonds is 5. The Morgan fingerprint density at radius 2 is 2.32 bits per heavy atom. The van der Waals surface area contributed by atoms with Crippen molar-refractivity contribution in [2.75, 3.05) is 25.0 Å². The number of likely N-dealkylation sites (N-methyl/N-ethyl adjacent to an activating group) is 1. The lowest BCUT2D eigenvalue weighted by molar-refractivity contribution is -0.384. The van der Waals surface area contributed by atoms with Crippen LogP contribution < -0.4 is 10.2 Å². The largest absolute Gasteiger partial charge is 0.349 e. The average Bonchev–Trinajstić information content (AvgIpc) is 2.93. The molecule has 1 atom stereocenters. The third kappa shape index (κ3) is 2.56. The van der Waals surface area contributed by atoms with E-state index in [1.54, 1.807) is 11.7 Å². The highest BCUT2D eigenvalue weighted by Gasteiger charge is 2.33.